The number of alkyl carbamates (subject to hydrolysis) is 1. The van der Waals surface area contributed by atoms with Gasteiger partial charge in [0.2, 0.25) is 0 Å². The first-order valence-corrected chi connectivity index (χ1v) is 6.97. The largest absolute Gasteiger partial charge is 0.444 e. The van der Waals surface area contributed by atoms with Crippen LogP contribution in [0, 0.1) is 6.92 Å². The molecule has 1 aromatic carbocycles. The Hall–Kier alpha value is -1.55. The van der Waals surface area contributed by atoms with Crippen molar-refractivity contribution in [2.45, 2.75) is 59.0 Å². The normalized spacial score (nSPS) is 22.1. The molecule has 0 aromatic heterocycles. The van der Waals surface area contributed by atoms with Crippen molar-refractivity contribution in [3.63, 3.8) is 0 Å². The van der Waals surface area contributed by atoms with E-state index >= 15 is 0 Å². The third-order valence-corrected chi connectivity index (χ3v) is 3.28. The van der Waals surface area contributed by atoms with Gasteiger partial charge in [0.15, 0.2) is 0 Å². The van der Waals surface area contributed by atoms with Crippen LogP contribution < -0.4 is 5.32 Å². The average Bonchev–Trinajstić information content (AvgIpc) is 2.31. The van der Waals surface area contributed by atoms with Crippen molar-refractivity contribution >= 4 is 6.09 Å². The Kier molecular flexibility index (Phi) is 4.04. The maximum Gasteiger partial charge on any atom is 0.408 e. The maximum absolute atomic E-state index is 12.0. The Labute approximate surface area is 120 Å². The molecule has 1 aliphatic heterocycles. The summed E-state index contributed by atoms with van der Waals surface area (Å²) in [6, 6.07) is 6.05. The third kappa shape index (κ3) is 3.51. The van der Waals surface area contributed by atoms with E-state index in [1.807, 2.05) is 34.6 Å². The van der Waals surface area contributed by atoms with Crippen LogP contribution >= 0.6 is 0 Å². The molecule has 110 valence electrons. The van der Waals surface area contributed by atoms with Crippen molar-refractivity contribution in [2.24, 2.45) is 0 Å². The van der Waals surface area contributed by atoms with E-state index in [-0.39, 0.29) is 12.1 Å². The topological polar surface area (TPSA) is 47.6 Å². The first-order chi connectivity index (χ1) is 9.26. The Morgan fingerprint density at radius 3 is 2.75 bits per heavy atom. The van der Waals surface area contributed by atoms with E-state index in [2.05, 4.69) is 23.5 Å². The summed E-state index contributed by atoms with van der Waals surface area (Å²) >= 11 is 0. The second-order valence-electron chi connectivity index (χ2n) is 6.34. The summed E-state index contributed by atoms with van der Waals surface area (Å²) in [6.07, 6.45) is -0.482. The standard InChI is InChI=1S/C16H23NO3/c1-10-6-7-12-9-19-11(2)14(13(12)8-10)17-15(18)20-16(3,4)5/h6-8,11,14H,9H2,1-5H3,(H,17,18)/t11-,14+/m0/s1. The highest BCUT2D eigenvalue weighted by molar-refractivity contribution is 5.68. The minimum atomic E-state index is -0.502. The molecule has 0 fully saturated rings. The number of ether oxygens (including phenoxy) is 2. The number of nitrogens with one attached hydrogen (secondary N) is 1. The molecule has 0 unspecified atom stereocenters. The van der Waals surface area contributed by atoms with Gasteiger partial charge in [0.1, 0.15) is 5.60 Å². The van der Waals surface area contributed by atoms with E-state index < -0.39 is 11.7 Å². The number of carbonyl (C=O) groups excluding carboxylic acids is 1. The molecular formula is C16H23NO3. The van der Waals surface area contributed by atoms with Crippen molar-refractivity contribution in [2.75, 3.05) is 0 Å². The van der Waals surface area contributed by atoms with Gasteiger partial charge in [-0.15, -0.1) is 0 Å². The van der Waals surface area contributed by atoms with E-state index in [4.69, 9.17) is 9.47 Å². The summed E-state index contributed by atoms with van der Waals surface area (Å²) < 4.78 is 11.0. The molecule has 0 saturated carbocycles. The van der Waals surface area contributed by atoms with Gasteiger partial charge in [-0.25, -0.2) is 4.79 Å². The van der Waals surface area contributed by atoms with Crippen LogP contribution in [0.2, 0.25) is 0 Å². The lowest BCUT2D eigenvalue weighted by Crippen LogP contribution is -2.41. The zero-order valence-corrected chi connectivity index (χ0v) is 12.8. The number of amides is 1. The predicted octanol–water partition coefficient (Wildman–Crippen LogP) is 3.48. The van der Waals surface area contributed by atoms with Crippen molar-refractivity contribution < 1.29 is 14.3 Å². The molecule has 2 atom stereocenters. The highest BCUT2D eigenvalue weighted by Gasteiger charge is 2.30. The van der Waals surface area contributed by atoms with Crippen LogP contribution in [0.3, 0.4) is 0 Å². The molecule has 4 nitrogen and oxygen atoms in total. The van der Waals surface area contributed by atoms with Crippen molar-refractivity contribution in [1.29, 1.82) is 0 Å². The molecule has 4 heteroatoms. The summed E-state index contributed by atoms with van der Waals surface area (Å²) in [7, 11) is 0. The van der Waals surface area contributed by atoms with Crippen LogP contribution in [-0.2, 0) is 16.1 Å². The molecular weight excluding hydrogens is 254 g/mol. The summed E-state index contributed by atoms with van der Waals surface area (Å²) in [5, 5.41) is 2.92. The van der Waals surface area contributed by atoms with Crippen molar-refractivity contribution in [3.05, 3.63) is 34.9 Å². The van der Waals surface area contributed by atoms with Gasteiger partial charge >= 0.3 is 6.09 Å². The van der Waals surface area contributed by atoms with E-state index in [0.29, 0.717) is 6.61 Å². The summed E-state index contributed by atoms with van der Waals surface area (Å²) in [5.41, 5.74) is 2.91. The van der Waals surface area contributed by atoms with Crippen LogP contribution in [0.15, 0.2) is 18.2 Å². The fourth-order valence-electron chi connectivity index (χ4n) is 2.34. The Bertz CT molecular complexity index is 505. The second kappa shape index (κ2) is 5.44. The lowest BCUT2D eigenvalue weighted by Gasteiger charge is -2.33. The molecule has 2 rings (SSSR count). The highest BCUT2D eigenvalue weighted by atomic mass is 16.6. The molecule has 0 radical (unpaired) electrons. The maximum atomic E-state index is 12.0. The monoisotopic (exact) mass is 277 g/mol. The molecule has 0 spiro atoms. The zero-order chi connectivity index (χ0) is 14.9. The van der Waals surface area contributed by atoms with Crippen molar-refractivity contribution in [1.82, 2.24) is 5.32 Å². The van der Waals surface area contributed by atoms with Crippen LogP contribution in [0.1, 0.15) is 50.4 Å². The number of hydrogen-bond acceptors (Lipinski definition) is 3. The van der Waals surface area contributed by atoms with E-state index in [9.17, 15) is 4.79 Å². The minimum Gasteiger partial charge on any atom is -0.444 e. The molecule has 1 aromatic rings. The number of aryl methyl sites for hydroxylation is 1. The average molecular weight is 277 g/mol. The lowest BCUT2D eigenvalue weighted by atomic mass is 9.93. The zero-order valence-electron chi connectivity index (χ0n) is 12.8. The fraction of sp³-hybridized carbons (Fsp3) is 0.562. The third-order valence-electron chi connectivity index (χ3n) is 3.28. The number of hydrogen-bond donors (Lipinski definition) is 1. The first kappa shape index (κ1) is 14.9. The van der Waals surface area contributed by atoms with Gasteiger partial charge in [-0.05, 0) is 45.7 Å². The molecule has 20 heavy (non-hydrogen) atoms. The van der Waals surface area contributed by atoms with Crippen LogP contribution in [0.25, 0.3) is 0 Å². The summed E-state index contributed by atoms with van der Waals surface area (Å²) in [5.74, 6) is 0. The smallest absolute Gasteiger partial charge is 0.408 e. The Morgan fingerprint density at radius 2 is 2.10 bits per heavy atom. The Balaban J connectivity index is 2.19. The molecule has 0 saturated heterocycles. The van der Waals surface area contributed by atoms with Gasteiger partial charge in [-0.1, -0.05) is 23.8 Å². The molecule has 1 heterocycles. The highest BCUT2D eigenvalue weighted by Crippen LogP contribution is 2.30. The number of fused-ring (bicyclic) bond motifs is 1. The number of benzene rings is 1. The Morgan fingerprint density at radius 1 is 1.40 bits per heavy atom. The number of carbonyl (C=O) groups is 1. The van der Waals surface area contributed by atoms with Crippen LogP contribution in [0.4, 0.5) is 4.79 Å². The van der Waals surface area contributed by atoms with Crippen molar-refractivity contribution in [3.8, 4) is 0 Å². The minimum absolute atomic E-state index is 0.0724. The van der Waals surface area contributed by atoms with Gasteiger partial charge in [-0.3, -0.25) is 0 Å². The van der Waals surface area contributed by atoms with Gasteiger partial charge < -0.3 is 14.8 Å². The van der Waals surface area contributed by atoms with E-state index in [1.54, 1.807) is 0 Å². The van der Waals surface area contributed by atoms with Gasteiger partial charge in [0.25, 0.3) is 0 Å². The quantitative estimate of drug-likeness (QED) is 0.855. The lowest BCUT2D eigenvalue weighted by molar-refractivity contribution is 0.00252. The molecule has 1 amide bonds. The molecule has 0 aliphatic carbocycles. The van der Waals surface area contributed by atoms with Crippen LogP contribution in [-0.4, -0.2) is 17.8 Å². The fourth-order valence-corrected chi connectivity index (χ4v) is 2.34. The van der Waals surface area contributed by atoms with Gasteiger partial charge in [0.05, 0.1) is 18.8 Å². The first-order valence-electron chi connectivity index (χ1n) is 6.97. The van der Waals surface area contributed by atoms with E-state index in [1.165, 1.54) is 5.56 Å². The SMILES string of the molecule is Cc1ccc2c(c1)[C@H](NC(=O)OC(C)(C)C)[C@H](C)OC2. The van der Waals surface area contributed by atoms with Gasteiger partial charge in [-0.2, -0.15) is 0 Å². The summed E-state index contributed by atoms with van der Waals surface area (Å²) in [6.45, 7) is 10.2. The molecule has 1 N–H and O–H groups in total. The second-order valence-corrected chi connectivity index (χ2v) is 6.34. The van der Waals surface area contributed by atoms with Gasteiger partial charge in [0, 0.05) is 0 Å². The summed E-state index contributed by atoms with van der Waals surface area (Å²) in [4.78, 5) is 12.0. The number of rotatable bonds is 1. The van der Waals surface area contributed by atoms with Crippen LogP contribution in [0.5, 0.6) is 0 Å². The molecule has 0 bridgehead atoms. The molecule has 1 aliphatic rings. The predicted molar refractivity (Wildman–Crippen MR) is 77.5 cm³/mol. The van der Waals surface area contributed by atoms with E-state index in [0.717, 1.165) is 11.1 Å².